The van der Waals surface area contributed by atoms with Gasteiger partial charge in [-0.3, -0.25) is 4.79 Å². The lowest BCUT2D eigenvalue weighted by molar-refractivity contribution is -0.120. The zero-order valence-electron chi connectivity index (χ0n) is 10.2. The summed E-state index contributed by atoms with van der Waals surface area (Å²) in [5, 5.41) is 6.04. The predicted octanol–water partition coefficient (Wildman–Crippen LogP) is 1.64. The summed E-state index contributed by atoms with van der Waals surface area (Å²) in [7, 11) is 1.66. The van der Waals surface area contributed by atoms with Gasteiger partial charge in [-0.2, -0.15) is 0 Å². The molecule has 4 heteroatoms. The van der Waals surface area contributed by atoms with E-state index in [1.165, 1.54) is 0 Å². The van der Waals surface area contributed by atoms with Gasteiger partial charge in [-0.25, -0.2) is 0 Å². The smallest absolute Gasteiger partial charge is 0.221 e. The fraction of sp³-hybridized carbons (Fsp3) is 0.462. The molecular weight excluding hydrogens is 216 g/mol. The number of hydrogen-bond donors (Lipinski definition) is 2. The molecule has 17 heavy (non-hydrogen) atoms. The van der Waals surface area contributed by atoms with Gasteiger partial charge in [0.15, 0.2) is 0 Å². The normalized spacial score (nSPS) is 9.94. The van der Waals surface area contributed by atoms with Crippen LogP contribution in [0, 0.1) is 0 Å². The fourth-order valence-electron chi connectivity index (χ4n) is 1.41. The van der Waals surface area contributed by atoms with E-state index < -0.39 is 0 Å². The molecule has 0 atom stereocenters. The number of hydrogen-bond acceptors (Lipinski definition) is 3. The first kappa shape index (κ1) is 13.5. The third-order valence-corrected chi connectivity index (χ3v) is 2.30. The number of carbonyl (C=O) groups is 1. The molecule has 4 nitrogen and oxygen atoms in total. The molecule has 1 amide bonds. The maximum absolute atomic E-state index is 11.4. The molecule has 0 aromatic heterocycles. The summed E-state index contributed by atoms with van der Waals surface area (Å²) >= 11 is 0. The molecule has 0 radical (unpaired) electrons. The van der Waals surface area contributed by atoms with Gasteiger partial charge in [-0.05, 0) is 18.6 Å². The summed E-state index contributed by atoms with van der Waals surface area (Å²) in [6.45, 7) is 2.01. The van der Waals surface area contributed by atoms with Crippen LogP contribution >= 0.6 is 0 Å². The third kappa shape index (κ3) is 6.58. The first-order valence-corrected chi connectivity index (χ1v) is 5.87. The van der Waals surface area contributed by atoms with Crippen molar-refractivity contribution in [1.82, 2.24) is 5.32 Å². The molecule has 0 fully saturated rings. The first-order valence-electron chi connectivity index (χ1n) is 5.87. The van der Waals surface area contributed by atoms with Gasteiger partial charge in [0.05, 0.1) is 0 Å². The highest BCUT2D eigenvalue weighted by atomic mass is 16.5. The summed E-state index contributed by atoms with van der Waals surface area (Å²) in [6, 6.07) is 9.86. The van der Waals surface area contributed by atoms with Crippen LogP contribution in [0.2, 0.25) is 0 Å². The van der Waals surface area contributed by atoms with Crippen molar-refractivity contribution in [2.45, 2.75) is 12.8 Å². The SMILES string of the molecule is COCCCNC(=O)CCNc1ccccc1. The zero-order valence-corrected chi connectivity index (χ0v) is 10.2. The molecule has 1 aromatic carbocycles. The standard InChI is InChI=1S/C13H20N2O2/c1-17-11-5-9-15-13(16)8-10-14-12-6-3-2-4-7-12/h2-4,6-7,14H,5,8-11H2,1H3,(H,15,16). The Morgan fingerprint density at radius 3 is 2.71 bits per heavy atom. The largest absolute Gasteiger partial charge is 0.385 e. The van der Waals surface area contributed by atoms with E-state index in [0.717, 1.165) is 12.1 Å². The topological polar surface area (TPSA) is 50.4 Å². The van der Waals surface area contributed by atoms with Crippen LogP contribution in [0.25, 0.3) is 0 Å². The number of para-hydroxylation sites is 1. The van der Waals surface area contributed by atoms with E-state index in [1.807, 2.05) is 30.3 Å². The Balaban J connectivity index is 2.04. The maximum Gasteiger partial charge on any atom is 0.221 e. The van der Waals surface area contributed by atoms with Crippen molar-refractivity contribution < 1.29 is 9.53 Å². The molecule has 0 saturated carbocycles. The molecule has 0 aliphatic rings. The van der Waals surface area contributed by atoms with Crippen molar-refractivity contribution in [3.63, 3.8) is 0 Å². The van der Waals surface area contributed by atoms with Crippen LogP contribution in [0.15, 0.2) is 30.3 Å². The van der Waals surface area contributed by atoms with E-state index in [4.69, 9.17) is 4.74 Å². The molecule has 0 saturated heterocycles. The number of ether oxygens (including phenoxy) is 1. The van der Waals surface area contributed by atoms with Crippen LogP contribution in [0.5, 0.6) is 0 Å². The summed E-state index contributed by atoms with van der Waals surface area (Å²) in [6.07, 6.45) is 1.34. The van der Waals surface area contributed by atoms with E-state index in [2.05, 4.69) is 10.6 Å². The molecular formula is C13H20N2O2. The lowest BCUT2D eigenvalue weighted by Crippen LogP contribution is -2.26. The van der Waals surface area contributed by atoms with Crippen LogP contribution in [0.4, 0.5) is 5.69 Å². The Kier molecular flexibility index (Phi) is 6.82. The summed E-state index contributed by atoms with van der Waals surface area (Å²) < 4.78 is 4.90. The Bertz CT molecular complexity index is 314. The van der Waals surface area contributed by atoms with Crippen molar-refractivity contribution in [2.24, 2.45) is 0 Å². The number of carbonyl (C=O) groups excluding carboxylic acids is 1. The average molecular weight is 236 g/mol. The number of anilines is 1. The van der Waals surface area contributed by atoms with E-state index in [1.54, 1.807) is 7.11 Å². The lowest BCUT2D eigenvalue weighted by atomic mass is 10.3. The van der Waals surface area contributed by atoms with Crippen LogP contribution in [0.1, 0.15) is 12.8 Å². The Labute approximate surface area is 102 Å². The van der Waals surface area contributed by atoms with Crippen molar-refractivity contribution in [3.8, 4) is 0 Å². The lowest BCUT2D eigenvalue weighted by Gasteiger charge is -2.07. The van der Waals surface area contributed by atoms with E-state index >= 15 is 0 Å². The van der Waals surface area contributed by atoms with Crippen molar-refractivity contribution in [1.29, 1.82) is 0 Å². The number of benzene rings is 1. The Hall–Kier alpha value is -1.55. The molecule has 0 aliphatic heterocycles. The Morgan fingerprint density at radius 1 is 1.24 bits per heavy atom. The van der Waals surface area contributed by atoms with E-state index in [-0.39, 0.29) is 5.91 Å². The fourth-order valence-corrected chi connectivity index (χ4v) is 1.41. The van der Waals surface area contributed by atoms with Crippen molar-refractivity contribution in [3.05, 3.63) is 30.3 Å². The van der Waals surface area contributed by atoms with Crippen LogP contribution in [-0.4, -0.2) is 32.7 Å². The van der Waals surface area contributed by atoms with Crippen LogP contribution < -0.4 is 10.6 Å². The molecule has 94 valence electrons. The highest BCUT2D eigenvalue weighted by Crippen LogP contribution is 2.04. The predicted molar refractivity (Wildman–Crippen MR) is 69.1 cm³/mol. The van der Waals surface area contributed by atoms with Gasteiger partial charge < -0.3 is 15.4 Å². The minimum Gasteiger partial charge on any atom is -0.385 e. The van der Waals surface area contributed by atoms with Crippen LogP contribution in [-0.2, 0) is 9.53 Å². The zero-order chi connectivity index (χ0) is 12.3. The molecule has 0 unspecified atom stereocenters. The summed E-state index contributed by atoms with van der Waals surface area (Å²) in [5.41, 5.74) is 1.04. The minimum atomic E-state index is 0.0736. The number of amides is 1. The number of rotatable bonds is 8. The second-order valence-corrected chi connectivity index (χ2v) is 3.74. The van der Waals surface area contributed by atoms with Crippen molar-refractivity contribution in [2.75, 3.05) is 32.1 Å². The first-order chi connectivity index (χ1) is 8.33. The monoisotopic (exact) mass is 236 g/mol. The van der Waals surface area contributed by atoms with Crippen LogP contribution in [0.3, 0.4) is 0 Å². The number of nitrogens with one attached hydrogen (secondary N) is 2. The quantitative estimate of drug-likeness (QED) is 0.675. The molecule has 1 rings (SSSR count). The molecule has 0 spiro atoms. The Morgan fingerprint density at radius 2 is 2.00 bits per heavy atom. The molecule has 1 aromatic rings. The van der Waals surface area contributed by atoms with Crippen molar-refractivity contribution >= 4 is 11.6 Å². The van der Waals surface area contributed by atoms with Gasteiger partial charge in [-0.1, -0.05) is 18.2 Å². The van der Waals surface area contributed by atoms with Gasteiger partial charge in [0, 0.05) is 38.9 Å². The molecule has 0 aliphatic carbocycles. The van der Waals surface area contributed by atoms with Gasteiger partial charge in [0.1, 0.15) is 0 Å². The molecule has 0 heterocycles. The third-order valence-electron chi connectivity index (χ3n) is 2.30. The van der Waals surface area contributed by atoms with E-state index in [0.29, 0.717) is 26.1 Å². The van der Waals surface area contributed by atoms with Gasteiger partial charge in [-0.15, -0.1) is 0 Å². The maximum atomic E-state index is 11.4. The summed E-state index contributed by atoms with van der Waals surface area (Å²) in [4.78, 5) is 11.4. The molecule has 0 bridgehead atoms. The molecule has 2 N–H and O–H groups in total. The van der Waals surface area contributed by atoms with Gasteiger partial charge in [0.25, 0.3) is 0 Å². The second-order valence-electron chi connectivity index (χ2n) is 3.74. The van der Waals surface area contributed by atoms with E-state index in [9.17, 15) is 4.79 Å². The van der Waals surface area contributed by atoms with Gasteiger partial charge >= 0.3 is 0 Å². The highest BCUT2D eigenvalue weighted by molar-refractivity contribution is 5.76. The average Bonchev–Trinajstić information content (AvgIpc) is 2.36. The highest BCUT2D eigenvalue weighted by Gasteiger charge is 1.99. The van der Waals surface area contributed by atoms with Gasteiger partial charge in [0.2, 0.25) is 5.91 Å². The minimum absolute atomic E-state index is 0.0736. The number of methoxy groups -OCH3 is 1. The second kappa shape index (κ2) is 8.58. The summed E-state index contributed by atoms with van der Waals surface area (Å²) in [5.74, 6) is 0.0736.